The van der Waals surface area contributed by atoms with Crippen LogP contribution in [0, 0.1) is 5.92 Å². The third-order valence-electron chi connectivity index (χ3n) is 3.50. The number of nitrogens with one attached hydrogen (secondary N) is 1. The molecule has 1 aliphatic carbocycles. The average Bonchev–Trinajstić information content (AvgIpc) is 2.78. The quantitative estimate of drug-likeness (QED) is 0.739. The first-order chi connectivity index (χ1) is 6.69. The van der Waals surface area contributed by atoms with E-state index in [4.69, 9.17) is 0 Å². The summed E-state index contributed by atoms with van der Waals surface area (Å²) >= 11 is 0. The van der Waals surface area contributed by atoms with E-state index in [1.165, 1.54) is 6.42 Å². The van der Waals surface area contributed by atoms with Gasteiger partial charge in [-0.15, -0.1) is 0 Å². The summed E-state index contributed by atoms with van der Waals surface area (Å²) in [5, 5.41) is 3.41. The fourth-order valence-electron chi connectivity index (χ4n) is 2.41. The Morgan fingerprint density at radius 1 is 1.43 bits per heavy atom. The predicted molar refractivity (Wildman–Crippen MR) is 55.7 cm³/mol. The van der Waals surface area contributed by atoms with Crippen LogP contribution in [-0.4, -0.2) is 29.1 Å². The van der Waals surface area contributed by atoms with E-state index in [-0.39, 0.29) is 6.04 Å². The van der Waals surface area contributed by atoms with Gasteiger partial charge in [-0.3, -0.25) is 10.1 Å². The van der Waals surface area contributed by atoms with Crippen molar-refractivity contribution in [2.24, 2.45) is 5.92 Å². The van der Waals surface area contributed by atoms with Crippen molar-refractivity contribution in [3.63, 3.8) is 0 Å². The van der Waals surface area contributed by atoms with Crippen molar-refractivity contribution in [3.05, 3.63) is 0 Å². The molecule has 0 spiro atoms. The lowest BCUT2D eigenvalue weighted by Crippen LogP contribution is -2.39. The van der Waals surface area contributed by atoms with E-state index in [1.54, 1.807) is 0 Å². The number of nitrogens with zero attached hydrogens (tertiary/aromatic N) is 1. The standard InChI is InChI=1S/C11H20N2O/c1-4-8-11(14)13(9-6-7(9)3)10(5-2)12-8/h7-10,12H,4-6H2,1-3H3. The van der Waals surface area contributed by atoms with E-state index < -0.39 is 0 Å². The Hall–Kier alpha value is -0.570. The molecular weight excluding hydrogens is 176 g/mol. The summed E-state index contributed by atoms with van der Waals surface area (Å²) in [6, 6.07) is 0.601. The minimum Gasteiger partial charge on any atom is -0.323 e. The molecule has 4 unspecified atom stereocenters. The lowest BCUT2D eigenvalue weighted by molar-refractivity contribution is -0.130. The normalized spacial score (nSPS) is 41.9. The van der Waals surface area contributed by atoms with Crippen molar-refractivity contribution >= 4 is 5.91 Å². The molecule has 0 aromatic heterocycles. The number of rotatable bonds is 3. The second-order valence-electron chi connectivity index (χ2n) is 4.58. The van der Waals surface area contributed by atoms with Crippen LogP contribution >= 0.6 is 0 Å². The number of hydrogen-bond acceptors (Lipinski definition) is 2. The van der Waals surface area contributed by atoms with E-state index in [0.717, 1.165) is 12.8 Å². The summed E-state index contributed by atoms with van der Waals surface area (Å²) in [7, 11) is 0. The lowest BCUT2D eigenvalue weighted by Gasteiger charge is -2.23. The maximum absolute atomic E-state index is 12.0. The molecule has 1 saturated carbocycles. The molecule has 3 heteroatoms. The molecule has 1 heterocycles. The monoisotopic (exact) mass is 196 g/mol. The van der Waals surface area contributed by atoms with Crippen LogP contribution in [0.3, 0.4) is 0 Å². The summed E-state index contributed by atoms with van der Waals surface area (Å²) in [6.07, 6.45) is 3.42. The first-order valence-corrected chi connectivity index (χ1v) is 5.77. The first-order valence-electron chi connectivity index (χ1n) is 5.77. The van der Waals surface area contributed by atoms with Crippen LogP contribution in [0.4, 0.5) is 0 Å². The van der Waals surface area contributed by atoms with Crippen molar-refractivity contribution in [2.75, 3.05) is 0 Å². The lowest BCUT2D eigenvalue weighted by atomic mass is 10.2. The molecule has 1 amide bonds. The second-order valence-corrected chi connectivity index (χ2v) is 4.58. The number of carbonyl (C=O) groups is 1. The van der Waals surface area contributed by atoms with Crippen LogP contribution in [0.15, 0.2) is 0 Å². The third kappa shape index (κ3) is 1.44. The molecule has 80 valence electrons. The zero-order chi connectivity index (χ0) is 10.3. The van der Waals surface area contributed by atoms with Gasteiger partial charge in [0, 0.05) is 6.04 Å². The number of hydrogen-bond donors (Lipinski definition) is 1. The van der Waals surface area contributed by atoms with Gasteiger partial charge in [0.05, 0.1) is 12.2 Å². The topological polar surface area (TPSA) is 32.3 Å². The fraction of sp³-hybridized carbons (Fsp3) is 0.909. The summed E-state index contributed by atoms with van der Waals surface area (Å²) in [5.74, 6) is 1.04. The molecule has 0 radical (unpaired) electrons. The SMILES string of the molecule is CCC1NC(CC)N(C2CC2C)C1=O. The van der Waals surface area contributed by atoms with Gasteiger partial charge in [0.1, 0.15) is 0 Å². The summed E-state index contributed by atoms with van der Waals surface area (Å²) in [6.45, 7) is 6.44. The molecule has 0 bridgehead atoms. The zero-order valence-electron chi connectivity index (χ0n) is 9.29. The highest BCUT2D eigenvalue weighted by molar-refractivity contribution is 5.84. The van der Waals surface area contributed by atoms with Crippen LogP contribution in [0.2, 0.25) is 0 Å². The summed E-state index contributed by atoms with van der Waals surface area (Å²) in [4.78, 5) is 14.1. The molecule has 2 fully saturated rings. The van der Waals surface area contributed by atoms with Gasteiger partial charge in [-0.2, -0.15) is 0 Å². The van der Waals surface area contributed by atoms with Gasteiger partial charge >= 0.3 is 0 Å². The average molecular weight is 196 g/mol. The molecule has 4 atom stereocenters. The third-order valence-corrected chi connectivity index (χ3v) is 3.50. The Morgan fingerprint density at radius 2 is 2.07 bits per heavy atom. The minimum atomic E-state index is 0.0766. The second kappa shape index (κ2) is 3.54. The molecule has 0 aromatic rings. The van der Waals surface area contributed by atoms with Gasteiger partial charge < -0.3 is 4.90 Å². The van der Waals surface area contributed by atoms with Gasteiger partial charge in [-0.1, -0.05) is 20.8 Å². The fourth-order valence-corrected chi connectivity index (χ4v) is 2.41. The Bertz CT molecular complexity index is 241. The van der Waals surface area contributed by atoms with Crippen LogP contribution < -0.4 is 5.32 Å². The van der Waals surface area contributed by atoms with Gasteiger partial charge in [0.25, 0.3) is 0 Å². The Kier molecular flexibility index (Phi) is 2.52. The van der Waals surface area contributed by atoms with Crippen molar-refractivity contribution in [1.82, 2.24) is 10.2 Å². The molecule has 2 rings (SSSR count). The molecule has 0 aromatic carbocycles. The smallest absolute Gasteiger partial charge is 0.241 e. The van der Waals surface area contributed by atoms with Gasteiger partial charge in [0.15, 0.2) is 0 Å². The zero-order valence-corrected chi connectivity index (χ0v) is 9.29. The molecule has 2 aliphatic rings. The summed E-state index contributed by atoms with van der Waals surface area (Å²) in [5.41, 5.74) is 0. The van der Waals surface area contributed by atoms with Crippen molar-refractivity contribution in [1.29, 1.82) is 0 Å². The molecule has 1 aliphatic heterocycles. The molecule has 1 N–H and O–H groups in total. The highest BCUT2D eigenvalue weighted by atomic mass is 16.2. The van der Waals surface area contributed by atoms with E-state index in [9.17, 15) is 4.79 Å². The maximum atomic E-state index is 12.0. The highest BCUT2D eigenvalue weighted by Gasteiger charge is 2.48. The molecule has 3 nitrogen and oxygen atoms in total. The molecular formula is C11H20N2O. The van der Waals surface area contributed by atoms with Crippen molar-refractivity contribution in [3.8, 4) is 0 Å². The molecule has 14 heavy (non-hydrogen) atoms. The van der Waals surface area contributed by atoms with Gasteiger partial charge in [-0.05, 0) is 25.2 Å². The molecule has 1 saturated heterocycles. The van der Waals surface area contributed by atoms with Crippen LogP contribution in [0.25, 0.3) is 0 Å². The Balaban J connectivity index is 2.08. The number of carbonyl (C=O) groups excluding carboxylic acids is 1. The Morgan fingerprint density at radius 3 is 2.50 bits per heavy atom. The maximum Gasteiger partial charge on any atom is 0.241 e. The van der Waals surface area contributed by atoms with Crippen molar-refractivity contribution in [2.45, 2.75) is 58.3 Å². The Labute approximate surface area is 85.8 Å². The van der Waals surface area contributed by atoms with E-state index in [0.29, 0.717) is 24.0 Å². The van der Waals surface area contributed by atoms with Crippen LogP contribution in [0.1, 0.15) is 40.0 Å². The van der Waals surface area contributed by atoms with Crippen LogP contribution in [0.5, 0.6) is 0 Å². The highest BCUT2D eigenvalue weighted by Crippen LogP contribution is 2.38. The van der Waals surface area contributed by atoms with E-state index >= 15 is 0 Å². The largest absolute Gasteiger partial charge is 0.323 e. The van der Waals surface area contributed by atoms with E-state index in [1.807, 2.05) is 0 Å². The van der Waals surface area contributed by atoms with E-state index in [2.05, 4.69) is 31.0 Å². The predicted octanol–water partition coefficient (Wildman–Crippen LogP) is 1.34. The minimum absolute atomic E-state index is 0.0766. The number of amides is 1. The van der Waals surface area contributed by atoms with Crippen molar-refractivity contribution < 1.29 is 4.79 Å². The summed E-state index contributed by atoms with van der Waals surface area (Å²) < 4.78 is 0. The van der Waals surface area contributed by atoms with Gasteiger partial charge in [0.2, 0.25) is 5.91 Å². The first kappa shape index (κ1) is 9.97. The van der Waals surface area contributed by atoms with Crippen LogP contribution in [-0.2, 0) is 4.79 Å². The van der Waals surface area contributed by atoms with Gasteiger partial charge in [-0.25, -0.2) is 0 Å².